The normalized spacial score (nSPS) is 19.1. The van der Waals surface area contributed by atoms with E-state index in [0.29, 0.717) is 6.54 Å². The van der Waals surface area contributed by atoms with Crippen LogP contribution in [0.2, 0.25) is 0 Å². The Bertz CT molecular complexity index is 678. The zero-order valence-corrected chi connectivity index (χ0v) is 14.6. The molecule has 0 radical (unpaired) electrons. The Morgan fingerprint density at radius 3 is 2.92 bits per heavy atom. The van der Waals surface area contributed by atoms with Gasteiger partial charge in [-0.15, -0.1) is 5.10 Å². The summed E-state index contributed by atoms with van der Waals surface area (Å²) < 4.78 is 7.68. The minimum Gasteiger partial charge on any atom is -0.389 e. The maximum absolute atomic E-state index is 10.3. The van der Waals surface area contributed by atoms with Crippen LogP contribution in [0.3, 0.4) is 0 Å². The number of nitrogens with zero attached hydrogens (tertiary/aromatic N) is 4. The van der Waals surface area contributed by atoms with E-state index in [1.807, 2.05) is 6.07 Å². The third kappa shape index (κ3) is 3.82. The summed E-state index contributed by atoms with van der Waals surface area (Å²) in [5, 5.41) is 22.1. The molecule has 24 heavy (non-hydrogen) atoms. The minimum atomic E-state index is -0.635. The van der Waals surface area contributed by atoms with Gasteiger partial charge < -0.3 is 9.84 Å². The predicted molar refractivity (Wildman–Crippen MR) is 90.6 cm³/mol. The standard InChI is InChI=1S/C18H26N4O2/c1-18(2,3)17-19-20-21-22(17)11-14(23)12-24-16-10-6-8-13-7-4-5-9-15(13)16/h4-5,7,9,14,16,23H,6,8,10-12H2,1-3H3. The Balaban J connectivity index is 1.59. The van der Waals surface area contributed by atoms with Crippen LogP contribution in [0.25, 0.3) is 0 Å². The SMILES string of the molecule is CC(C)(C)c1nnnn1CC(O)COC1CCCc2ccccc21. The average molecular weight is 330 g/mol. The molecule has 0 spiro atoms. The van der Waals surface area contributed by atoms with Gasteiger partial charge in [-0.05, 0) is 40.8 Å². The molecule has 1 N–H and O–H groups in total. The second-order valence-electron chi connectivity index (χ2n) is 7.50. The summed E-state index contributed by atoms with van der Waals surface area (Å²) in [6.45, 7) is 6.78. The molecule has 2 aromatic rings. The lowest BCUT2D eigenvalue weighted by molar-refractivity contribution is -0.0241. The number of aromatic nitrogens is 4. The molecule has 0 aliphatic heterocycles. The van der Waals surface area contributed by atoms with Gasteiger partial charge in [0.05, 0.1) is 25.4 Å². The van der Waals surface area contributed by atoms with Crippen molar-refractivity contribution in [2.75, 3.05) is 6.61 Å². The molecule has 2 atom stereocenters. The van der Waals surface area contributed by atoms with Crippen molar-refractivity contribution in [1.82, 2.24) is 20.2 Å². The molecule has 1 heterocycles. The summed E-state index contributed by atoms with van der Waals surface area (Å²) in [5.41, 5.74) is 2.46. The lowest BCUT2D eigenvalue weighted by Crippen LogP contribution is -2.28. The Kier molecular flexibility index (Phi) is 4.96. The van der Waals surface area contributed by atoms with Crippen molar-refractivity contribution in [1.29, 1.82) is 0 Å². The highest BCUT2D eigenvalue weighted by Gasteiger charge is 2.24. The van der Waals surface area contributed by atoms with Crippen LogP contribution >= 0.6 is 0 Å². The van der Waals surface area contributed by atoms with E-state index in [-0.39, 0.29) is 18.1 Å². The van der Waals surface area contributed by atoms with Gasteiger partial charge in [0.25, 0.3) is 0 Å². The number of aryl methyl sites for hydroxylation is 1. The number of fused-ring (bicyclic) bond motifs is 1. The van der Waals surface area contributed by atoms with Gasteiger partial charge in [-0.25, -0.2) is 4.68 Å². The van der Waals surface area contributed by atoms with E-state index in [9.17, 15) is 5.11 Å². The number of benzene rings is 1. The molecular weight excluding hydrogens is 304 g/mol. The smallest absolute Gasteiger partial charge is 0.156 e. The first-order chi connectivity index (χ1) is 11.4. The van der Waals surface area contributed by atoms with Crippen molar-refractivity contribution in [2.45, 2.75) is 64.2 Å². The van der Waals surface area contributed by atoms with Crippen molar-refractivity contribution in [3.63, 3.8) is 0 Å². The van der Waals surface area contributed by atoms with E-state index < -0.39 is 6.10 Å². The molecule has 0 bridgehead atoms. The Morgan fingerprint density at radius 1 is 1.33 bits per heavy atom. The van der Waals surface area contributed by atoms with Gasteiger partial charge in [-0.1, -0.05) is 45.0 Å². The van der Waals surface area contributed by atoms with Crippen molar-refractivity contribution in [3.8, 4) is 0 Å². The van der Waals surface area contributed by atoms with Crippen molar-refractivity contribution < 1.29 is 9.84 Å². The lowest BCUT2D eigenvalue weighted by Gasteiger charge is -2.26. The first kappa shape index (κ1) is 17.0. The van der Waals surface area contributed by atoms with E-state index in [1.54, 1.807) is 4.68 Å². The lowest BCUT2D eigenvalue weighted by atomic mass is 9.89. The molecule has 0 saturated carbocycles. The number of aliphatic hydroxyl groups is 1. The van der Waals surface area contributed by atoms with Crippen LogP contribution < -0.4 is 0 Å². The first-order valence-electron chi connectivity index (χ1n) is 8.59. The minimum absolute atomic E-state index is 0.0700. The third-order valence-corrected chi connectivity index (χ3v) is 4.39. The quantitative estimate of drug-likeness (QED) is 0.911. The summed E-state index contributed by atoms with van der Waals surface area (Å²) in [6, 6.07) is 8.41. The summed E-state index contributed by atoms with van der Waals surface area (Å²) in [6.07, 6.45) is 2.67. The summed E-state index contributed by atoms with van der Waals surface area (Å²) in [5.74, 6) is 0.768. The highest BCUT2D eigenvalue weighted by Crippen LogP contribution is 2.32. The molecule has 6 heteroatoms. The number of hydrogen-bond acceptors (Lipinski definition) is 5. The van der Waals surface area contributed by atoms with Gasteiger partial charge in [-0.3, -0.25) is 0 Å². The van der Waals surface area contributed by atoms with Crippen LogP contribution in [0.1, 0.15) is 56.7 Å². The molecule has 1 aliphatic carbocycles. The Labute approximate surface area is 142 Å². The van der Waals surface area contributed by atoms with Crippen LogP contribution in [0, 0.1) is 0 Å². The molecular formula is C18H26N4O2. The molecule has 130 valence electrons. The number of rotatable bonds is 5. The molecule has 1 aromatic heterocycles. The van der Waals surface area contributed by atoms with Crippen LogP contribution in [0.15, 0.2) is 24.3 Å². The van der Waals surface area contributed by atoms with Gasteiger partial charge in [0, 0.05) is 5.41 Å². The van der Waals surface area contributed by atoms with Gasteiger partial charge in [-0.2, -0.15) is 0 Å². The fraction of sp³-hybridized carbons (Fsp3) is 0.611. The summed E-state index contributed by atoms with van der Waals surface area (Å²) >= 11 is 0. The molecule has 1 aromatic carbocycles. The van der Waals surface area contributed by atoms with Crippen molar-refractivity contribution >= 4 is 0 Å². The highest BCUT2D eigenvalue weighted by atomic mass is 16.5. The summed E-state index contributed by atoms with van der Waals surface area (Å²) in [4.78, 5) is 0. The third-order valence-electron chi connectivity index (χ3n) is 4.39. The molecule has 0 saturated heterocycles. The van der Waals surface area contributed by atoms with Crippen LogP contribution in [0.4, 0.5) is 0 Å². The molecule has 6 nitrogen and oxygen atoms in total. The van der Waals surface area contributed by atoms with E-state index in [2.05, 4.69) is 54.5 Å². The topological polar surface area (TPSA) is 73.1 Å². The van der Waals surface area contributed by atoms with Crippen LogP contribution in [-0.4, -0.2) is 38.0 Å². The fourth-order valence-corrected chi connectivity index (χ4v) is 3.23. The zero-order valence-electron chi connectivity index (χ0n) is 14.6. The summed E-state index contributed by atoms with van der Waals surface area (Å²) in [7, 11) is 0. The zero-order chi connectivity index (χ0) is 17.2. The second-order valence-corrected chi connectivity index (χ2v) is 7.50. The number of hydrogen-bond donors (Lipinski definition) is 1. The second kappa shape index (κ2) is 6.99. The van der Waals surface area contributed by atoms with Crippen molar-refractivity contribution in [3.05, 3.63) is 41.2 Å². The fourth-order valence-electron chi connectivity index (χ4n) is 3.23. The van der Waals surface area contributed by atoms with Crippen LogP contribution in [0.5, 0.6) is 0 Å². The van der Waals surface area contributed by atoms with E-state index in [4.69, 9.17) is 4.74 Å². The van der Waals surface area contributed by atoms with Gasteiger partial charge in [0.1, 0.15) is 0 Å². The average Bonchev–Trinajstić information content (AvgIpc) is 3.01. The Morgan fingerprint density at radius 2 is 2.12 bits per heavy atom. The Hall–Kier alpha value is -1.79. The predicted octanol–water partition coefficient (Wildman–Crippen LogP) is 2.43. The van der Waals surface area contributed by atoms with Gasteiger partial charge in [0.2, 0.25) is 0 Å². The number of ether oxygens (including phenoxy) is 1. The molecule has 2 unspecified atom stereocenters. The molecule has 1 aliphatic rings. The van der Waals surface area contributed by atoms with E-state index >= 15 is 0 Å². The van der Waals surface area contributed by atoms with E-state index in [1.165, 1.54) is 11.1 Å². The van der Waals surface area contributed by atoms with Crippen LogP contribution in [-0.2, 0) is 23.1 Å². The van der Waals surface area contributed by atoms with Gasteiger partial charge >= 0.3 is 0 Å². The molecule has 0 amide bonds. The number of tetrazole rings is 1. The molecule has 3 rings (SSSR count). The first-order valence-corrected chi connectivity index (χ1v) is 8.59. The maximum Gasteiger partial charge on any atom is 0.156 e. The molecule has 0 fully saturated rings. The van der Waals surface area contributed by atoms with Crippen molar-refractivity contribution in [2.24, 2.45) is 0 Å². The maximum atomic E-state index is 10.3. The monoisotopic (exact) mass is 330 g/mol. The van der Waals surface area contributed by atoms with E-state index in [0.717, 1.165) is 25.1 Å². The largest absolute Gasteiger partial charge is 0.389 e. The van der Waals surface area contributed by atoms with Gasteiger partial charge in [0.15, 0.2) is 5.82 Å². The number of aliphatic hydroxyl groups excluding tert-OH is 1. The highest BCUT2D eigenvalue weighted by molar-refractivity contribution is 5.31.